The number of methoxy groups -OCH3 is 2. The minimum Gasteiger partial charge on any atom is -0.493 e. The third kappa shape index (κ3) is 3.24. The van der Waals surface area contributed by atoms with Gasteiger partial charge in [0.1, 0.15) is 0 Å². The summed E-state index contributed by atoms with van der Waals surface area (Å²) in [5, 5.41) is 6.12. The molecular formula is C17H24N2O3. The first-order chi connectivity index (χ1) is 10.6. The van der Waals surface area contributed by atoms with E-state index in [-0.39, 0.29) is 11.8 Å². The Balaban J connectivity index is 2.20. The van der Waals surface area contributed by atoms with Crippen LogP contribution in [0.15, 0.2) is 23.3 Å². The number of carbonyl (C=O) groups is 1. The van der Waals surface area contributed by atoms with Gasteiger partial charge in [-0.15, -0.1) is 0 Å². The molecule has 0 saturated carbocycles. The van der Waals surface area contributed by atoms with Gasteiger partial charge in [0, 0.05) is 17.9 Å². The van der Waals surface area contributed by atoms with E-state index in [2.05, 4.69) is 5.10 Å². The first-order valence-electron chi connectivity index (χ1n) is 7.75. The molecule has 1 aliphatic heterocycles. The van der Waals surface area contributed by atoms with Crippen LogP contribution in [0.1, 0.15) is 38.7 Å². The van der Waals surface area contributed by atoms with Gasteiger partial charge in [0.25, 0.3) is 0 Å². The third-order valence-corrected chi connectivity index (χ3v) is 4.11. The lowest BCUT2D eigenvalue weighted by atomic mass is 10.0. The summed E-state index contributed by atoms with van der Waals surface area (Å²) < 4.78 is 10.6. The standard InChI is InChI=1S/C17H24N2O3/c1-5-12(6-2)17(20)19-10-9-14(18-19)13-7-8-15(21-3)16(11-13)22-4/h7-8,11-12H,5-6,9-10H2,1-4H3. The van der Waals surface area contributed by atoms with Gasteiger partial charge >= 0.3 is 0 Å². The Morgan fingerprint density at radius 3 is 2.50 bits per heavy atom. The molecule has 5 heteroatoms. The van der Waals surface area contributed by atoms with Gasteiger partial charge in [-0.2, -0.15) is 5.10 Å². The monoisotopic (exact) mass is 304 g/mol. The fourth-order valence-corrected chi connectivity index (χ4v) is 2.68. The smallest absolute Gasteiger partial charge is 0.245 e. The Morgan fingerprint density at radius 2 is 1.91 bits per heavy atom. The highest BCUT2D eigenvalue weighted by Gasteiger charge is 2.26. The van der Waals surface area contributed by atoms with E-state index in [1.807, 2.05) is 32.0 Å². The van der Waals surface area contributed by atoms with Gasteiger partial charge in [0.15, 0.2) is 11.5 Å². The van der Waals surface area contributed by atoms with Gasteiger partial charge in [-0.3, -0.25) is 4.79 Å². The van der Waals surface area contributed by atoms with Crippen molar-refractivity contribution in [1.82, 2.24) is 5.01 Å². The maximum absolute atomic E-state index is 12.4. The molecule has 0 aromatic heterocycles. The molecule has 1 aromatic carbocycles. The van der Waals surface area contributed by atoms with Crippen LogP contribution in [0.4, 0.5) is 0 Å². The van der Waals surface area contributed by atoms with E-state index in [0.717, 1.165) is 30.5 Å². The number of hydrogen-bond donors (Lipinski definition) is 0. The summed E-state index contributed by atoms with van der Waals surface area (Å²) in [6.45, 7) is 4.74. The number of nitrogens with zero attached hydrogens (tertiary/aromatic N) is 2. The van der Waals surface area contributed by atoms with E-state index >= 15 is 0 Å². The first-order valence-corrected chi connectivity index (χ1v) is 7.75. The number of rotatable bonds is 6. The Labute approximate surface area is 131 Å². The van der Waals surface area contributed by atoms with Crippen molar-refractivity contribution in [3.05, 3.63) is 23.8 Å². The lowest BCUT2D eigenvalue weighted by Crippen LogP contribution is -2.30. The zero-order valence-electron chi connectivity index (χ0n) is 13.8. The summed E-state index contributed by atoms with van der Waals surface area (Å²) in [7, 11) is 3.22. The second-order valence-electron chi connectivity index (χ2n) is 5.34. The molecule has 22 heavy (non-hydrogen) atoms. The molecule has 5 nitrogen and oxygen atoms in total. The van der Waals surface area contributed by atoms with Crippen LogP contribution in [0.5, 0.6) is 11.5 Å². The number of benzene rings is 1. The summed E-state index contributed by atoms with van der Waals surface area (Å²) in [6.07, 6.45) is 2.47. The van der Waals surface area contributed by atoms with Crippen molar-refractivity contribution < 1.29 is 14.3 Å². The van der Waals surface area contributed by atoms with Crippen molar-refractivity contribution in [1.29, 1.82) is 0 Å². The summed E-state index contributed by atoms with van der Waals surface area (Å²) in [6, 6.07) is 5.72. The van der Waals surface area contributed by atoms with Crippen LogP contribution in [0, 0.1) is 5.92 Å². The number of hydrazone groups is 1. The van der Waals surface area contributed by atoms with Gasteiger partial charge in [0.05, 0.1) is 26.5 Å². The zero-order valence-corrected chi connectivity index (χ0v) is 13.8. The Kier molecular flexibility index (Phi) is 5.41. The molecule has 1 heterocycles. The lowest BCUT2D eigenvalue weighted by molar-refractivity contribution is -0.135. The molecule has 0 aliphatic carbocycles. The molecule has 0 fully saturated rings. The summed E-state index contributed by atoms with van der Waals surface area (Å²) in [5.74, 6) is 1.55. The minimum atomic E-state index is 0.0634. The molecule has 0 N–H and O–H groups in total. The van der Waals surface area contributed by atoms with Crippen LogP contribution in [0.3, 0.4) is 0 Å². The Morgan fingerprint density at radius 1 is 1.23 bits per heavy atom. The fraction of sp³-hybridized carbons (Fsp3) is 0.529. The number of ether oxygens (including phenoxy) is 2. The van der Waals surface area contributed by atoms with Crippen LogP contribution in [0.2, 0.25) is 0 Å². The maximum atomic E-state index is 12.4. The van der Waals surface area contributed by atoms with Crippen LogP contribution < -0.4 is 9.47 Å². The number of carbonyl (C=O) groups excluding carboxylic acids is 1. The van der Waals surface area contributed by atoms with Crippen molar-refractivity contribution in [3.63, 3.8) is 0 Å². The van der Waals surface area contributed by atoms with Crippen LogP contribution >= 0.6 is 0 Å². The molecule has 1 amide bonds. The number of hydrogen-bond acceptors (Lipinski definition) is 4. The highest BCUT2D eigenvalue weighted by molar-refractivity contribution is 6.03. The van der Waals surface area contributed by atoms with Crippen molar-refractivity contribution >= 4 is 11.6 Å². The van der Waals surface area contributed by atoms with Gasteiger partial charge in [-0.1, -0.05) is 13.8 Å². The van der Waals surface area contributed by atoms with Crippen molar-refractivity contribution in [2.24, 2.45) is 11.0 Å². The third-order valence-electron chi connectivity index (χ3n) is 4.11. The van der Waals surface area contributed by atoms with Crippen LogP contribution in [-0.2, 0) is 4.79 Å². The van der Waals surface area contributed by atoms with Crippen LogP contribution in [0.25, 0.3) is 0 Å². The SMILES string of the molecule is CCC(CC)C(=O)N1CCC(c2ccc(OC)c(OC)c2)=N1. The maximum Gasteiger partial charge on any atom is 0.245 e. The Bertz CT molecular complexity index is 565. The average Bonchev–Trinajstić information content (AvgIpc) is 3.05. The van der Waals surface area contributed by atoms with E-state index in [1.54, 1.807) is 19.2 Å². The van der Waals surface area contributed by atoms with Gasteiger partial charge in [-0.05, 0) is 31.0 Å². The second-order valence-corrected chi connectivity index (χ2v) is 5.34. The highest BCUT2D eigenvalue weighted by Crippen LogP contribution is 2.29. The summed E-state index contributed by atoms with van der Waals surface area (Å²) in [4.78, 5) is 12.4. The van der Waals surface area contributed by atoms with Crippen molar-refractivity contribution in [2.75, 3.05) is 20.8 Å². The predicted octanol–water partition coefficient (Wildman–Crippen LogP) is 3.08. The van der Waals surface area contributed by atoms with E-state index in [4.69, 9.17) is 9.47 Å². The molecule has 1 aliphatic rings. The predicted molar refractivity (Wildman–Crippen MR) is 86.5 cm³/mol. The fourth-order valence-electron chi connectivity index (χ4n) is 2.68. The zero-order chi connectivity index (χ0) is 16.1. The van der Waals surface area contributed by atoms with E-state index in [0.29, 0.717) is 18.0 Å². The quantitative estimate of drug-likeness (QED) is 0.811. The Hall–Kier alpha value is -2.04. The van der Waals surface area contributed by atoms with Crippen molar-refractivity contribution in [2.45, 2.75) is 33.1 Å². The normalized spacial score (nSPS) is 14.2. The first kappa shape index (κ1) is 16.3. The molecule has 1 aromatic rings. The number of amides is 1. The largest absolute Gasteiger partial charge is 0.493 e. The molecule has 0 unspecified atom stereocenters. The van der Waals surface area contributed by atoms with E-state index in [1.165, 1.54) is 0 Å². The summed E-state index contributed by atoms with van der Waals surface area (Å²) in [5.41, 5.74) is 1.89. The molecular weight excluding hydrogens is 280 g/mol. The topological polar surface area (TPSA) is 51.1 Å². The molecule has 120 valence electrons. The second kappa shape index (κ2) is 7.29. The average molecular weight is 304 g/mol. The molecule has 2 rings (SSSR count). The summed E-state index contributed by atoms with van der Waals surface area (Å²) >= 11 is 0. The molecule has 0 saturated heterocycles. The van der Waals surface area contributed by atoms with E-state index in [9.17, 15) is 4.79 Å². The highest BCUT2D eigenvalue weighted by atomic mass is 16.5. The molecule has 0 spiro atoms. The van der Waals surface area contributed by atoms with Crippen molar-refractivity contribution in [3.8, 4) is 11.5 Å². The molecule has 0 radical (unpaired) electrons. The molecule has 0 atom stereocenters. The van der Waals surface area contributed by atoms with E-state index < -0.39 is 0 Å². The minimum absolute atomic E-state index is 0.0634. The van der Waals surface area contributed by atoms with Gasteiger partial charge < -0.3 is 9.47 Å². The van der Waals surface area contributed by atoms with Crippen LogP contribution in [-0.4, -0.2) is 37.4 Å². The van der Waals surface area contributed by atoms with Gasteiger partial charge in [-0.25, -0.2) is 5.01 Å². The van der Waals surface area contributed by atoms with Gasteiger partial charge in [0.2, 0.25) is 5.91 Å². The lowest BCUT2D eigenvalue weighted by Gasteiger charge is -2.17. The molecule has 0 bridgehead atoms.